The van der Waals surface area contributed by atoms with Crippen molar-refractivity contribution in [3.8, 4) is 0 Å². The summed E-state index contributed by atoms with van der Waals surface area (Å²) in [6, 6.07) is 6.25. The summed E-state index contributed by atoms with van der Waals surface area (Å²) in [6.07, 6.45) is 0.608. The molecule has 1 heterocycles. The lowest BCUT2D eigenvalue weighted by molar-refractivity contribution is 0.102. The molecule has 0 aromatic heterocycles. The van der Waals surface area contributed by atoms with Gasteiger partial charge in [0.25, 0.3) is 0 Å². The second-order valence-corrected chi connectivity index (χ2v) is 6.76. The summed E-state index contributed by atoms with van der Waals surface area (Å²) in [7, 11) is -1.97. The molecule has 19 heavy (non-hydrogen) atoms. The van der Waals surface area contributed by atoms with E-state index in [4.69, 9.17) is 9.84 Å². The van der Waals surface area contributed by atoms with Gasteiger partial charge in [0.2, 0.25) is 10.0 Å². The Balaban J connectivity index is 2.30. The number of benzene rings is 1. The largest absolute Gasteiger partial charge is 0.392 e. The van der Waals surface area contributed by atoms with E-state index in [0.29, 0.717) is 18.6 Å². The zero-order chi connectivity index (χ0) is 14.0. The summed E-state index contributed by atoms with van der Waals surface area (Å²) in [5.74, 6) is 0. The minimum absolute atomic E-state index is 0.0965. The molecule has 2 atom stereocenters. The van der Waals surface area contributed by atoms with Gasteiger partial charge in [-0.25, -0.2) is 8.42 Å². The van der Waals surface area contributed by atoms with Gasteiger partial charge in [-0.1, -0.05) is 12.1 Å². The first-order valence-electron chi connectivity index (χ1n) is 6.26. The lowest BCUT2D eigenvalue weighted by atomic mass is 10.2. The van der Waals surface area contributed by atoms with E-state index in [1.165, 1.54) is 10.4 Å². The van der Waals surface area contributed by atoms with Gasteiger partial charge < -0.3 is 9.84 Å². The molecule has 0 amide bonds. The van der Waals surface area contributed by atoms with E-state index in [-0.39, 0.29) is 23.6 Å². The summed E-state index contributed by atoms with van der Waals surface area (Å²) in [6.45, 7) is 2.30. The molecule has 0 saturated carbocycles. The molecular formula is C13H19NO4S. The highest BCUT2D eigenvalue weighted by Crippen LogP contribution is 2.25. The van der Waals surface area contributed by atoms with Crippen LogP contribution in [0.2, 0.25) is 0 Å². The molecule has 1 aromatic carbocycles. The first kappa shape index (κ1) is 14.5. The average Bonchev–Trinajstić information content (AvgIpc) is 2.84. The van der Waals surface area contributed by atoms with Gasteiger partial charge in [-0.05, 0) is 31.0 Å². The van der Waals surface area contributed by atoms with Crippen LogP contribution in [0.5, 0.6) is 0 Å². The Morgan fingerprint density at radius 3 is 2.79 bits per heavy atom. The first-order valence-corrected chi connectivity index (χ1v) is 7.70. The Labute approximate surface area is 113 Å². The van der Waals surface area contributed by atoms with Gasteiger partial charge >= 0.3 is 0 Å². The van der Waals surface area contributed by atoms with Crippen molar-refractivity contribution in [2.24, 2.45) is 0 Å². The van der Waals surface area contributed by atoms with E-state index in [1.54, 1.807) is 25.2 Å². The van der Waals surface area contributed by atoms with Crippen LogP contribution in [0.1, 0.15) is 18.9 Å². The molecule has 1 aliphatic heterocycles. The zero-order valence-corrected chi connectivity index (χ0v) is 11.9. The minimum Gasteiger partial charge on any atom is -0.392 e. The van der Waals surface area contributed by atoms with Crippen molar-refractivity contribution in [3.63, 3.8) is 0 Å². The van der Waals surface area contributed by atoms with Crippen molar-refractivity contribution < 1.29 is 18.3 Å². The van der Waals surface area contributed by atoms with Crippen LogP contribution in [0.15, 0.2) is 29.2 Å². The number of nitrogens with zero attached hydrogens (tertiary/aromatic N) is 1. The molecule has 1 aromatic rings. The van der Waals surface area contributed by atoms with Gasteiger partial charge in [-0.15, -0.1) is 0 Å². The van der Waals surface area contributed by atoms with Gasteiger partial charge in [0, 0.05) is 13.7 Å². The molecule has 1 N–H and O–H groups in total. The first-order chi connectivity index (χ1) is 8.96. The molecule has 106 valence electrons. The van der Waals surface area contributed by atoms with Crippen molar-refractivity contribution in [2.75, 3.05) is 13.7 Å². The highest BCUT2D eigenvalue weighted by atomic mass is 32.2. The fraction of sp³-hybridized carbons (Fsp3) is 0.538. The summed E-state index contributed by atoms with van der Waals surface area (Å²) in [5, 5.41) is 9.09. The molecule has 2 rings (SSSR count). The fourth-order valence-electron chi connectivity index (χ4n) is 2.35. The van der Waals surface area contributed by atoms with E-state index in [1.807, 2.05) is 6.92 Å². The Morgan fingerprint density at radius 1 is 1.47 bits per heavy atom. The fourth-order valence-corrected chi connectivity index (χ4v) is 3.86. The number of aliphatic hydroxyl groups is 1. The maximum Gasteiger partial charge on any atom is 0.243 e. The number of ether oxygens (including phenoxy) is 1. The molecule has 0 aliphatic carbocycles. The van der Waals surface area contributed by atoms with Crippen LogP contribution in [0.25, 0.3) is 0 Å². The quantitative estimate of drug-likeness (QED) is 0.895. The minimum atomic E-state index is -3.55. The van der Waals surface area contributed by atoms with Crippen LogP contribution in [-0.2, 0) is 21.4 Å². The van der Waals surface area contributed by atoms with Crippen LogP contribution in [0.3, 0.4) is 0 Å². The van der Waals surface area contributed by atoms with Crippen LogP contribution in [0.4, 0.5) is 0 Å². The second-order valence-electron chi connectivity index (χ2n) is 4.76. The zero-order valence-electron chi connectivity index (χ0n) is 11.1. The molecule has 0 spiro atoms. The van der Waals surface area contributed by atoms with Gasteiger partial charge in [0.05, 0.1) is 23.6 Å². The summed E-state index contributed by atoms with van der Waals surface area (Å²) >= 11 is 0. The number of sulfonamides is 1. The number of aliphatic hydroxyl groups excluding tert-OH is 1. The highest BCUT2D eigenvalue weighted by molar-refractivity contribution is 7.89. The topological polar surface area (TPSA) is 66.8 Å². The van der Waals surface area contributed by atoms with E-state index in [0.717, 1.165) is 0 Å². The summed E-state index contributed by atoms with van der Waals surface area (Å²) < 4.78 is 31.8. The lowest BCUT2D eigenvalue weighted by Gasteiger charge is -2.26. The predicted octanol–water partition coefficient (Wildman–Crippen LogP) is 0.977. The number of hydrogen-bond donors (Lipinski definition) is 1. The van der Waals surface area contributed by atoms with Crippen molar-refractivity contribution >= 4 is 10.0 Å². The SMILES string of the molecule is CC1OCCC1N(C)S(=O)(=O)c1cccc(CO)c1. The van der Waals surface area contributed by atoms with Gasteiger partial charge in [-0.2, -0.15) is 4.31 Å². The molecule has 0 radical (unpaired) electrons. The van der Waals surface area contributed by atoms with E-state index in [2.05, 4.69) is 0 Å². The van der Waals surface area contributed by atoms with Crippen LogP contribution >= 0.6 is 0 Å². The smallest absolute Gasteiger partial charge is 0.243 e. The third-order valence-electron chi connectivity index (χ3n) is 3.56. The average molecular weight is 285 g/mol. The summed E-state index contributed by atoms with van der Waals surface area (Å²) in [4.78, 5) is 0.209. The number of likely N-dealkylation sites (N-methyl/N-ethyl adjacent to an activating group) is 1. The van der Waals surface area contributed by atoms with E-state index < -0.39 is 10.0 Å². The van der Waals surface area contributed by atoms with Gasteiger partial charge in [0.15, 0.2) is 0 Å². The predicted molar refractivity (Wildman–Crippen MR) is 71.1 cm³/mol. The lowest BCUT2D eigenvalue weighted by Crippen LogP contribution is -2.40. The van der Waals surface area contributed by atoms with Gasteiger partial charge in [-0.3, -0.25) is 0 Å². The van der Waals surface area contributed by atoms with Crippen molar-refractivity contribution in [1.82, 2.24) is 4.31 Å². The molecule has 2 unspecified atom stereocenters. The Bertz CT molecular complexity index is 543. The third kappa shape index (κ3) is 2.81. The monoisotopic (exact) mass is 285 g/mol. The van der Waals surface area contributed by atoms with Crippen molar-refractivity contribution in [3.05, 3.63) is 29.8 Å². The normalized spacial score (nSPS) is 24.0. The summed E-state index contributed by atoms with van der Waals surface area (Å²) in [5.41, 5.74) is 0.588. The number of hydrogen-bond acceptors (Lipinski definition) is 4. The van der Waals surface area contributed by atoms with Crippen molar-refractivity contribution in [2.45, 2.75) is 37.0 Å². The molecule has 1 saturated heterocycles. The van der Waals surface area contributed by atoms with E-state index in [9.17, 15) is 8.42 Å². The molecule has 6 heteroatoms. The molecule has 1 fully saturated rings. The van der Waals surface area contributed by atoms with E-state index >= 15 is 0 Å². The Kier molecular flexibility index (Phi) is 4.25. The van der Waals surface area contributed by atoms with Crippen LogP contribution < -0.4 is 0 Å². The maximum absolute atomic E-state index is 12.5. The third-order valence-corrected chi connectivity index (χ3v) is 5.44. The standard InChI is InChI=1S/C13H19NO4S/c1-10-13(6-7-18-10)14(2)19(16,17)12-5-3-4-11(8-12)9-15/h3-5,8,10,13,15H,6-7,9H2,1-2H3. The number of rotatable bonds is 4. The van der Waals surface area contributed by atoms with Crippen LogP contribution in [0, 0.1) is 0 Å². The molecule has 0 bridgehead atoms. The highest BCUT2D eigenvalue weighted by Gasteiger charge is 2.35. The van der Waals surface area contributed by atoms with Gasteiger partial charge in [0.1, 0.15) is 0 Å². The molecule has 1 aliphatic rings. The second kappa shape index (κ2) is 5.58. The maximum atomic E-state index is 12.5. The van der Waals surface area contributed by atoms with Crippen molar-refractivity contribution in [1.29, 1.82) is 0 Å². The van der Waals surface area contributed by atoms with Crippen LogP contribution in [-0.4, -0.2) is 43.6 Å². The molecular weight excluding hydrogens is 266 g/mol. The molecule has 5 nitrogen and oxygen atoms in total. The Hall–Kier alpha value is -0.950. The Morgan fingerprint density at radius 2 is 2.21 bits per heavy atom.